The van der Waals surface area contributed by atoms with Crippen LogP contribution in [0.2, 0.25) is 0 Å². The van der Waals surface area contributed by atoms with E-state index in [2.05, 4.69) is 12.2 Å². The summed E-state index contributed by atoms with van der Waals surface area (Å²) in [7, 11) is 0. The predicted molar refractivity (Wildman–Crippen MR) is 87.4 cm³/mol. The van der Waals surface area contributed by atoms with Crippen LogP contribution in [0.4, 0.5) is 4.79 Å². The molecule has 2 fully saturated rings. The summed E-state index contributed by atoms with van der Waals surface area (Å²) in [5.41, 5.74) is 0.227. The summed E-state index contributed by atoms with van der Waals surface area (Å²) in [5.74, 6) is 0.0311. The summed E-state index contributed by atoms with van der Waals surface area (Å²) < 4.78 is 5.21. The van der Waals surface area contributed by atoms with Gasteiger partial charge >= 0.3 is 12.0 Å². The van der Waals surface area contributed by atoms with Gasteiger partial charge in [0.15, 0.2) is 0 Å². The molecular weight excluding hydrogens is 308 g/mol. The Morgan fingerprint density at radius 3 is 2.50 bits per heavy atom. The van der Waals surface area contributed by atoms with E-state index in [1.807, 2.05) is 19.1 Å². The molecule has 1 aromatic carbocycles. The van der Waals surface area contributed by atoms with E-state index in [1.54, 1.807) is 12.1 Å². The highest BCUT2D eigenvalue weighted by Crippen LogP contribution is 2.36. The largest absolute Gasteiger partial charge is 0.425 e. The lowest BCUT2D eigenvalue weighted by Gasteiger charge is -2.33. The van der Waals surface area contributed by atoms with Crippen molar-refractivity contribution in [2.24, 2.45) is 5.92 Å². The number of aryl methyl sites for hydroxylation is 1. The third-order valence-electron chi connectivity index (χ3n) is 4.91. The molecule has 128 valence electrons. The van der Waals surface area contributed by atoms with Gasteiger partial charge in [0, 0.05) is 0 Å². The fourth-order valence-corrected chi connectivity index (χ4v) is 3.31. The monoisotopic (exact) mass is 330 g/mol. The second-order valence-electron chi connectivity index (χ2n) is 6.87. The first-order valence-electron chi connectivity index (χ1n) is 8.31. The van der Waals surface area contributed by atoms with Gasteiger partial charge in [-0.05, 0) is 50.7 Å². The third-order valence-corrected chi connectivity index (χ3v) is 4.91. The number of nitrogens with zero attached hydrogens (tertiary/aromatic N) is 1. The molecule has 0 aromatic heterocycles. The number of rotatable bonds is 3. The predicted octanol–water partition coefficient (Wildman–Crippen LogP) is 2.40. The van der Waals surface area contributed by atoms with Crippen molar-refractivity contribution in [3.05, 3.63) is 29.8 Å². The van der Waals surface area contributed by atoms with Crippen LogP contribution >= 0.6 is 0 Å². The van der Waals surface area contributed by atoms with E-state index in [9.17, 15) is 14.4 Å². The van der Waals surface area contributed by atoms with Crippen LogP contribution in [0.3, 0.4) is 0 Å². The van der Waals surface area contributed by atoms with E-state index >= 15 is 0 Å². The highest BCUT2D eigenvalue weighted by atomic mass is 16.5. The van der Waals surface area contributed by atoms with Gasteiger partial charge in [0.2, 0.25) is 0 Å². The number of imide groups is 1. The second-order valence-corrected chi connectivity index (χ2v) is 6.87. The Kier molecular flexibility index (Phi) is 4.30. The van der Waals surface area contributed by atoms with E-state index in [0.717, 1.165) is 23.3 Å². The maximum Gasteiger partial charge on any atom is 0.331 e. The molecule has 0 bridgehead atoms. The molecule has 1 spiro atoms. The van der Waals surface area contributed by atoms with E-state index in [-0.39, 0.29) is 12.5 Å². The van der Waals surface area contributed by atoms with Crippen LogP contribution in [0, 0.1) is 12.8 Å². The number of hydrogen-bond donors (Lipinski definition) is 1. The molecule has 1 saturated carbocycles. The van der Waals surface area contributed by atoms with E-state index in [4.69, 9.17) is 4.74 Å². The Balaban J connectivity index is 1.64. The Morgan fingerprint density at radius 2 is 1.88 bits per heavy atom. The molecule has 1 saturated heterocycles. The second kappa shape index (κ2) is 6.26. The van der Waals surface area contributed by atoms with Crippen molar-refractivity contribution >= 4 is 17.9 Å². The van der Waals surface area contributed by atoms with Crippen molar-refractivity contribution in [3.63, 3.8) is 0 Å². The maximum absolute atomic E-state index is 12.7. The summed E-state index contributed by atoms with van der Waals surface area (Å²) >= 11 is 0. The van der Waals surface area contributed by atoms with Gasteiger partial charge in [-0.3, -0.25) is 9.69 Å². The number of hydrogen-bond acceptors (Lipinski definition) is 4. The summed E-state index contributed by atoms with van der Waals surface area (Å²) in [5, 5.41) is 2.80. The molecule has 1 aliphatic carbocycles. The molecule has 1 heterocycles. The standard InChI is InChI=1S/C18H22N2O4/c1-12-3-5-14(6-4-12)24-15(21)11-20-16(22)18(19-17(20)23)9-7-13(2)8-10-18/h3-6,13H,7-11H2,1-2H3,(H,19,23). The van der Waals surface area contributed by atoms with Crippen LogP contribution in [0.15, 0.2) is 24.3 Å². The molecule has 0 radical (unpaired) electrons. The van der Waals surface area contributed by atoms with E-state index < -0.39 is 17.5 Å². The summed E-state index contributed by atoms with van der Waals surface area (Å²) in [6, 6.07) is 6.52. The number of carbonyl (C=O) groups is 3. The zero-order chi connectivity index (χ0) is 17.3. The number of esters is 1. The van der Waals surface area contributed by atoms with Crippen LogP contribution in [-0.4, -0.2) is 34.9 Å². The van der Waals surface area contributed by atoms with Gasteiger partial charge in [-0.2, -0.15) is 0 Å². The number of urea groups is 1. The number of nitrogens with one attached hydrogen (secondary N) is 1. The molecule has 2 aliphatic rings. The average Bonchev–Trinajstić information content (AvgIpc) is 2.77. The van der Waals surface area contributed by atoms with Crippen molar-refractivity contribution in [1.82, 2.24) is 10.2 Å². The summed E-state index contributed by atoms with van der Waals surface area (Å²) in [4.78, 5) is 37.9. The zero-order valence-electron chi connectivity index (χ0n) is 14.0. The Bertz CT molecular complexity index is 660. The van der Waals surface area contributed by atoms with Crippen molar-refractivity contribution in [3.8, 4) is 5.75 Å². The lowest BCUT2D eigenvalue weighted by atomic mass is 9.77. The first-order valence-corrected chi connectivity index (χ1v) is 8.31. The average molecular weight is 330 g/mol. The normalized spacial score (nSPS) is 26.6. The number of carbonyl (C=O) groups excluding carboxylic acids is 3. The molecule has 1 aromatic rings. The molecule has 6 nitrogen and oxygen atoms in total. The van der Waals surface area contributed by atoms with Crippen molar-refractivity contribution in [2.45, 2.75) is 45.1 Å². The van der Waals surface area contributed by atoms with Gasteiger partial charge in [-0.1, -0.05) is 24.6 Å². The minimum absolute atomic E-state index is 0.305. The van der Waals surface area contributed by atoms with Crippen molar-refractivity contribution in [1.29, 1.82) is 0 Å². The molecule has 0 unspecified atom stereocenters. The van der Waals surface area contributed by atoms with Gasteiger partial charge in [0.05, 0.1) is 0 Å². The quantitative estimate of drug-likeness (QED) is 0.524. The zero-order valence-corrected chi connectivity index (χ0v) is 14.0. The maximum atomic E-state index is 12.7. The lowest BCUT2D eigenvalue weighted by Crippen LogP contribution is -2.49. The Morgan fingerprint density at radius 1 is 1.25 bits per heavy atom. The van der Waals surface area contributed by atoms with Gasteiger partial charge < -0.3 is 10.1 Å². The lowest BCUT2D eigenvalue weighted by molar-refractivity contribution is -0.141. The van der Waals surface area contributed by atoms with E-state index in [1.165, 1.54) is 0 Å². The molecule has 0 atom stereocenters. The minimum Gasteiger partial charge on any atom is -0.425 e. The molecular formula is C18H22N2O4. The summed E-state index contributed by atoms with van der Waals surface area (Å²) in [6.45, 7) is 3.71. The van der Waals surface area contributed by atoms with Gasteiger partial charge in [-0.15, -0.1) is 0 Å². The fourth-order valence-electron chi connectivity index (χ4n) is 3.31. The van der Waals surface area contributed by atoms with Crippen LogP contribution in [-0.2, 0) is 9.59 Å². The molecule has 3 rings (SSSR count). The van der Waals surface area contributed by atoms with Crippen LogP contribution in [0.25, 0.3) is 0 Å². The van der Waals surface area contributed by atoms with Gasteiger partial charge in [0.25, 0.3) is 5.91 Å². The van der Waals surface area contributed by atoms with Crippen LogP contribution < -0.4 is 10.1 Å². The smallest absolute Gasteiger partial charge is 0.331 e. The highest BCUT2D eigenvalue weighted by molar-refractivity contribution is 6.08. The van der Waals surface area contributed by atoms with Gasteiger partial charge in [-0.25, -0.2) is 9.59 Å². The van der Waals surface area contributed by atoms with Crippen LogP contribution in [0.1, 0.15) is 38.2 Å². The minimum atomic E-state index is -0.826. The first-order chi connectivity index (χ1) is 11.4. The third kappa shape index (κ3) is 3.13. The topological polar surface area (TPSA) is 75.7 Å². The number of ether oxygens (including phenoxy) is 1. The van der Waals surface area contributed by atoms with Crippen molar-refractivity contribution in [2.75, 3.05) is 6.54 Å². The highest BCUT2D eigenvalue weighted by Gasteiger charge is 2.52. The molecule has 1 aliphatic heterocycles. The van der Waals surface area contributed by atoms with Crippen molar-refractivity contribution < 1.29 is 19.1 Å². The number of amides is 3. The molecule has 1 N–H and O–H groups in total. The van der Waals surface area contributed by atoms with Gasteiger partial charge in [0.1, 0.15) is 17.8 Å². The number of benzene rings is 1. The molecule has 6 heteroatoms. The first kappa shape index (κ1) is 16.5. The van der Waals surface area contributed by atoms with E-state index in [0.29, 0.717) is 24.5 Å². The summed E-state index contributed by atoms with van der Waals surface area (Å²) in [6.07, 6.45) is 3.05. The SMILES string of the molecule is Cc1ccc(OC(=O)CN2C(=O)NC3(CCC(C)CC3)C2=O)cc1. The molecule has 24 heavy (non-hydrogen) atoms. The molecule has 3 amide bonds. The van der Waals surface area contributed by atoms with Crippen LogP contribution in [0.5, 0.6) is 5.75 Å². The Labute approximate surface area is 141 Å². The Hall–Kier alpha value is -2.37. The fraction of sp³-hybridized carbons (Fsp3) is 0.500.